The van der Waals surface area contributed by atoms with Gasteiger partial charge in [0.25, 0.3) is 5.91 Å². The van der Waals surface area contributed by atoms with Crippen molar-refractivity contribution in [1.29, 1.82) is 0 Å². The molecule has 5 rings (SSSR count). The number of carbonyl (C=O) groups is 2. The molecule has 0 unspecified atom stereocenters. The van der Waals surface area contributed by atoms with Gasteiger partial charge in [0.1, 0.15) is 23.8 Å². The molecule has 34 heavy (non-hydrogen) atoms. The van der Waals surface area contributed by atoms with Crippen LogP contribution in [0.25, 0.3) is 11.0 Å². The number of aryl methyl sites for hydroxylation is 1. The molecule has 7 nitrogen and oxygen atoms in total. The topological polar surface area (TPSA) is 79.5 Å². The van der Waals surface area contributed by atoms with Gasteiger partial charge in [0, 0.05) is 12.6 Å². The first-order chi connectivity index (χ1) is 16.6. The van der Waals surface area contributed by atoms with Gasteiger partial charge in [-0.3, -0.25) is 14.6 Å². The first kappa shape index (κ1) is 21.8. The van der Waals surface area contributed by atoms with E-state index in [0.29, 0.717) is 24.4 Å². The number of hydrogen-bond donors (Lipinski definition) is 0. The lowest BCUT2D eigenvalue weighted by Gasteiger charge is -2.27. The van der Waals surface area contributed by atoms with Gasteiger partial charge in [0.05, 0.1) is 23.8 Å². The molecule has 0 aliphatic heterocycles. The number of carbonyl (C=O) groups excluding carboxylic acids is 2. The van der Waals surface area contributed by atoms with Crippen molar-refractivity contribution < 1.29 is 14.0 Å². The number of para-hydroxylation sites is 2. The van der Waals surface area contributed by atoms with Crippen LogP contribution in [0, 0.1) is 6.92 Å². The van der Waals surface area contributed by atoms with Crippen LogP contribution in [0.3, 0.4) is 0 Å². The van der Waals surface area contributed by atoms with Gasteiger partial charge in [-0.05, 0) is 49.6 Å². The summed E-state index contributed by atoms with van der Waals surface area (Å²) in [7, 11) is 0. The minimum absolute atomic E-state index is 0.00939. The third-order valence-electron chi connectivity index (χ3n) is 5.93. The van der Waals surface area contributed by atoms with Gasteiger partial charge < -0.3 is 14.2 Å². The molecule has 0 atom stereocenters. The van der Waals surface area contributed by atoms with Gasteiger partial charge in [-0.25, -0.2) is 4.98 Å². The van der Waals surface area contributed by atoms with Crippen LogP contribution in [0.2, 0.25) is 0 Å². The van der Waals surface area contributed by atoms with Crippen molar-refractivity contribution in [2.24, 2.45) is 0 Å². The van der Waals surface area contributed by atoms with Crippen molar-refractivity contribution in [1.82, 2.24) is 19.8 Å². The summed E-state index contributed by atoms with van der Waals surface area (Å²) in [5.74, 6) is 1.12. The van der Waals surface area contributed by atoms with Crippen molar-refractivity contribution in [3.8, 4) is 0 Å². The van der Waals surface area contributed by atoms with Gasteiger partial charge in [0.2, 0.25) is 5.91 Å². The molecule has 4 aromatic rings. The Morgan fingerprint density at radius 1 is 0.941 bits per heavy atom. The van der Waals surface area contributed by atoms with E-state index >= 15 is 0 Å². The van der Waals surface area contributed by atoms with Crippen molar-refractivity contribution >= 4 is 22.8 Å². The number of aromatic nitrogens is 2. The normalized spacial score (nSPS) is 13.1. The Labute approximate surface area is 198 Å². The van der Waals surface area contributed by atoms with Crippen LogP contribution in [0.4, 0.5) is 0 Å². The monoisotopic (exact) mass is 454 g/mol. The van der Waals surface area contributed by atoms with Crippen LogP contribution in [0.5, 0.6) is 0 Å². The quantitative estimate of drug-likeness (QED) is 0.395. The van der Waals surface area contributed by atoms with Crippen molar-refractivity contribution in [2.45, 2.75) is 38.9 Å². The molecule has 0 saturated heterocycles. The van der Waals surface area contributed by atoms with Crippen LogP contribution in [0.1, 0.15) is 40.4 Å². The van der Waals surface area contributed by atoms with E-state index in [9.17, 15) is 9.59 Å². The third kappa shape index (κ3) is 4.98. The molecule has 1 fully saturated rings. The fraction of sp³-hybridized carbons (Fsp3) is 0.259. The van der Waals surface area contributed by atoms with E-state index in [-0.39, 0.29) is 30.1 Å². The molecular formula is C27H26N4O3. The summed E-state index contributed by atoms with van der Waals surface area (Å²) in [6.07, 6.45) is 3.27. The number of fused-ring (bicyclic) bond motifs is 1. The Morgan fingerprint density at radius 3 is 2.38 bits per heavy atom. The molecule has 0 N–H and O–H groups in total. The Kier molecular flexibility index (Phi) is 6.08. The van der Waals surface area contributed by atoms with Crippen molar-refractivity contribution in [3.05, 3.63) is 95.7 Å². The lowest BCUT2D eigenvalue weighted by molar-refractivity contribution is -0.133. The van der Waals surface area contributed by atoms with E-state index in [4.69, 9.17) is 4.42 Å². The minimum Gasteiger partial charge on any atom is -0.464 e. The van der Waals surface area contributed by atoms with E-state index in [2.05, 4.69) is 9.97 Å². The predicted molar refractivity (Wildman–Crippen MR) is 128 cm³/mol. The summed E-state index contributed by atoms with van der Waals surface area (Å²) in [6, 6.07) is 21.1. The molecule has 7 heteroatoms. The average molecular weight is 455 g/mol. The maximum atomic E-state index is 13.5. The van der Waals surface area contributed by atoms with Gasteiger partial charge in [-0.2, -0.15) is 0 Å². The van der Waals surface area contributed by atoms with Crippen molar-refractivity contribution in [2.75, 3.05) is 6.54 Å². The maximum absolute atomic E-state index is 13.5. The lowest BCUT2D eigenvalue weighted by Crippen LogP contribution is -2.43. The molecule has 2 heterocycles. The van der Waals surface area contributed by atoms with Crippen LogP contribution in [-0.2, 0) is 17.9 Å². The summed E-state index contributed by atoms with van der Waals surface area (Å²) in [5, 5.41) is 0. The van der Waals surface area contributed by atoms with Crippen molar-refractivity contribution in [3.63, 3.8) is 0 Å². The number of furan rings is 1. The van der Waals surface area contributed by atoms with Gasteiger partial charge in [-0.1, -0.05) is 42.5 Å². The maximum Gasteiger partial charge on any atom is 0.274 e. The Balaban J connectivity index is 1.37. The molecule has 2 amide bonds. The molecule has 0 radical (unpaired) electrons. The summed E-state index contributed by atoms with van der Waals surface area (Å²) >= 11 is 0. The first-order valence-electron chi connectivity index (χ1n) is 11.5. The molecule has 2 aromatic heterocycles. The molecule has 2 aromatic carbocycles. The number of amides is 2. The van der Waals surface area contributed by atoms with E-state index in [1.54, 1.807) is 9.80 Å². The lowest BCUT2D eigenvalue weighted by atomic mass is 10.2. The highest BCUT2D eigenvalue weighted by molar-refractivity contribution is 5.96. The summed E-state index contributed by atoms with van der Waals surface area (Å²) in [6.45, 7) is 2.64. The van der Waals surface area contributed by atoms with E-state index in [1.165, 1.54) is 6.20 Å². The molecule has 0 bridgehead atoms. The summed E-state index contributed by atoms with van der Waals surface area (Å²) in [4.78, 5) is 39.1. The van der Waals surface area contributed by atoms with E-state index in [0.717, 1.165) is 29.7 Å². The zero-order valence-electron chi connectivity index (χ0n) is 19.1. The molecule has 1 aliphatic rings. The molecule has 0 spiro atoms. The smallest absolute Gasteiger partial charge is 0.274 e. The summed E-state index contributed by atoms with van der Waals surface area (Å²) in [5.41, 5.74) is 2.67. The van der Waals surface area contributed by atoms with E-state index in [1.807, 2.05) is 73.7 Å². The van der Waals surface area contributed by atoms with Crippen LogP contribution in [0.15, 0.2) is 77.3 Å². The highest BCUT2D eigenvalue weighted by atomic mass is 16.3. The number of hydrogen-bond acceptors (Lipinski definition) is 5. The molecule has 1 aliphatic carbocycles. The number of rotatable bonds is 8. The summed E-state index contributed by atoms with van der Waals surface area (Å²) < 4.78 is 5.73. The van der Waals surface area contributed by atoms with Crippen LogP contribution >= 0.6 is 0 Å². The van der Waals surface area contributed by atoms with Gasteiger partial charge in [-0.15, -0.1) is 0 Å². The number of nitrogens with zero attached hydrogens (tertiary/aromatic N) is 4. The Hall–Kier alpha value is -4.00. The zero-order chi connectivity index (χ0) is 23.5. The highest BCUT2D eigenvalue weighted by Crippen LogP contribution is 2.28. The second-order valence-electron chi connectivity index (χ2n) is 8.66. The number of benzene rings is 2. The second kappa shape index (κ2) is 9.47. The average Bonchev–Trinajstić information content (AvgIpc) is 3.62. The van der Waals surface area contributed by atoms with Gasteiger partial charge >= 0.3 is 0 Å². The SMILES string of the molecule is Cc1ccc(CN(Cc2ccccc2)C(=O)CN(C(=O)c2cnc3ccccc3n2)C2CC2)o1. The minimum atomic E-state index is -0.261. The molecule has 1 saturated carbocycles. The van der Waals surface area contributed by atoms with Crippen LogP contribution in [-0.4, -0.2) is 44.2 Å². The second-order valence-corrected chi connectivity index (χ2v) is 8.66. The third-order valence-corrected chi connectivity index (χ3v) is 5.93. The van der Waals surface area contributed by atoms with Crippen LogP contribution < -0.4 is 0 Å². The Bertz CT molecular complexity index is 1310. The zero-order valence-corrected chi connectivity index (χ0v) is 19.1. The fourth-order valence-corrected chi connectivity index (χ4v) is 4.00. The predicted octanol–water partition coefficient (Wildman–Crippen LogP) is 4.36. The fourth-order valence-electron chi connectivity index (χ4n) is 4.00. The van der Waals surface area contributed by atoms with E-state index < -0.39 is 0 Å². The standard InChI is InChI=1S/C27H26N4O3/c1-19-11-14-22(34-19)17-30(16-20-7-3-2-4-8-20)26(32)18-31(21-12-13-21)27(33)25-15-28-23-9-5-6-10-24(23)29-25/h2-11,14-15,21H,12-13,16-18H2,1H3. The Morgan fingerprint density at radius 2 is 1.68 bits per heavy atom. The van der Waals surface area contributed by atoms with Gasteiger partial charge in [0.15, 0.2) is 0 Å². The molecular weight excluding hydrogens is 428 g/mol. The molecule has 172 valence electrons. The largest absolute Gasteiger partial charge is 0.464 e. The highest BCUT2D eigenvalue weighted by Gasteiger charge is 2.36. The first-order valence-corrected chi connectivity index (χ1v) is 11.5.